The summed E-state index contributed by atoms with van der Waals surface area (Å²) in [6.45, 7) is 1.10. The molecule has 0 aromatic carbocycles. The topological polar surface area (TPSA) is 70.2 Å². The molecule has 9 heteroatoms. The van der Waals surface area contributed by atoms with Gasteiger partial charge in [-0.25, -0.2) is 9.97 Å². The van der Waals surface area contributed by atoms with E-state index in [0.29, 0.717) is 19.6 Å². The zero-order chi connectivity index (χ0) is 14.8. The maximum absolute atomic E-state index is 12.8. The lowest BCUT2D eigenvalue weighted by Crippen LogP contribution is -2.30. The van der Waals surface area contributed by atoms with Crippen molar-refractivity contribution in [2.45, 2.75) is 12.6 Å². The van der Waals surface area contributed by atoms with Crippen LogP contribution in [0.25, 0.3) is 0 Å². The highest BCUT2D eigenvalue weighted by Gasteiger charge is 2.36. The van der Waals surface area contributed by atoms with Crippen LogP contribution in [0.3, 0.4) is 0 Å². The Morgan fingerprint density at radius 2 is 2.10 bits per heavy atom. The monoisotopic (exact) mass is 289 g/mol. The smallest absolute Gasteiger partial charge is 0.373 e. The largest absolute Gasteiger partial charge is 0.451 e. The highest BCUT2D eigenvalue weighted by Crippen LogP contribution is 2.29. The Bertz CT molecular complexity index is 505. The zero-order valence-corrected chi connectivity index (χ0v) is 10.8. The summed E-state index contributed by atoms with van der Waals surface area (Å²) in [6, 6.07) is 1.44. The van der Waals surface area contributed by atoms with Gasteiger partial charge in [0.25, 0.3) is 0 Å². The van der Waals surface area contributed by atoms with Crippen LogP contribution in [0, 0.1) is 0 Å². The van der Waals surface area contributed by atoms with Crippen molar-refractivity contribution in [1.29, 1.82) is 0 Å². The van der Waals surface area contributed by atoms with E-state index >= 15 is 0 Å². The number of hydrogen-bond acceptors (Lipinski definition) is 5. The lowest BCUT2D eigenvalue weighted by atomic mass is 10.3. The number of nitrogens with one attached hydrogen (secondary N) is 2. The number of carbonyl (C=O) groups excluding carboxylic acids is 1. The van der Waals surface area contributed by atoms with Gasteiger partial charge in [-0.1, -0.05) is 0 Å². The van der Waals surface area contributed by atoms with Crippen LogP contribution in [0.15, 0.2) is 6.07 Å². The van der Waals surface area contributed by atoms with Crippen LogP contribution in [0.1, 0.15) is 12.2 Å². The fourth-order valence-corrected chi connectivity index (χ4v) is 1.85. The normalized spacial score (nSPS) is 16.6. The first-order chi connectivity index (χ1) is 9.40. The molecule has 6 nitrogen and oxygen atoms in total. The molecular formula is C11H14F3N5O. The van der Waals surface area contributed by atoms with Gasteiger partial charge in [-0.05, 0) is 0 Å². The summed E-state index contributed by atoms with van der Waals surface area (Å²) in [5, 5.41) is 5.24. The van der Waals surface area contributed by atoms with Crippen molar-refractivity contribution < 1.29 is 18.0 Å². The van der Waals surface area contributed by atoms with Gasteiger partial charge >= 0.3 is 6.18 Å². The second kappa shape index (κ2) is 5.51. The summed E-state index contributed by atoms with van der Waals surface area (Å²) in [7, 11) is 1.49. The Morgan fingerprint density at radius 1 is 1.35 bits per heavy atom. The summed E-state index contributed by atoms with van der Waals surface area (Å²) in [4.78, 5) is 19.8. The third-order valence-electron chi connectivity index (χ3n) is 2.86. The van der Waals surface area contributed by atoms with Crippen LogP contribution in [-0.4, -0.2) is 42.6 Å². The quantitative estimate of drug-likeness (QED) is 0.845. The standard InChI is InChI=1S/C11H14F3N5O/c1-15-7-6-8(18-10(17-7)11(12,13)14)19-4-2-9(20)16-3-5-19/h6H,2-5H2,1H3,(H,16,20)(H,15,17,18). The molecule has 1 aliphatic heterocycles. The Kier molecular flexibility index (Phi) is 3.96. The minimum absolute atomic E-state index is 0.0888. The van der Waals surface area contributed by atoms with Gasteiger partial charge in [-0.15, -0.1) is 0 Å². The van der Waals surface area contributed by atoms with Crippen LogP contribution in [0.5, 0.6) is 0 Å². The molecule has 1 amide bonds. The van der Waals surface area contributed by atoms with Crippen molar-refractivity contribution in [3.63, 3.8) is 0 Å². The van der Waals surface area contributed by atoms with Crippen LogP contribution in [-0.2, 0) is 11.0 Å². The van der Waals surface area contributed by atoms with Crippen molar-refractivity contribution in [2.24, 2.45) is 0 Å². The summed E-state index contributed by atoms with van der Waals surface area (Å²) in [6.07, 6.45) is -4.39. The number of anilines is 2. The second-order valence-electron chi connectivity index (χ2n) is 4.27. The van der Waals surface area contributed by atoms with Crippen molar-refractivity contribution in [3.8, 4) is 0 Å². The van der Waals surface area contributed by atoms with Gasteiger partial charge < -0.3 is 15.5 Å². The molecule has 0 saturated carbocycles. The first kappa shape index (κ1) is 14.4. The number of amides is 1. The Hall–Kier alpha value is -2.06. The van der Waals surface area contributed by atoms with Gasteiger partial charge in [-0.3, -0.25) is 4.79 Å². The highest BCUT2D eigenvalue weighted by atomic mass is 19.4. The average molecular weight is 289 g/mol. The van der Waals surface area contributed by atoms with E-state index in [2.05, 4.69) is 20.6 Å². The van der Waals surface area contributed by atoms with Gasteiger partial charge in [-0.2, -0.15) is 13.2 Å². The Morgan fingerprint density at radius 3 is 2.75 bits per heavy atom. The number of nitrogens with zero attached hydrogens (tertiary/aromatic N) is 3. The molecule has 2 N–H and O–H groups in total. The van der Waals surface area contributed by atoms with E-state index in [9.17, 15) is 18.0 Å². The molecule has 0 aliphatic carbocycles. The predicted molar refractivity (Wildman–Crippen MR) is 66.4 cm³/mol. The maximum atomic E-state index is 12.8. The second-order valence-corrected chi connectivity index (χ2v) is 4.27. The van der Waals surface area contributed by atoms with Gasteiger partial charge in [0.1, 0.15) is 11.6 Å². The van der Waals surface area contributed by atoms with Crippen LogP contribution < -0.4 is 15.5 Å². The number of hydrogen-bond donors (Lipinski definition) is 2. The molecule has 1 aliphatic rings. The molecule has 1 saturated heterocycles. The number of rotatable bonds is 2. The fraction of sp³-hybridized carbons (Fsp3) is 0.545. The summed E-state index contributed by atoms with van der Waals surface area (Å²) >= 11 is 0. The lowest BCUT2D eigenvalue weighted by Gasteiger charge is -2.22. The van der Waals surface area contributed by atoms with Gasteiger partial charge in [0.2, 0.25) is 11.7 Å². The molecule has 0 unspecified atom stereocenters. The molecule has 1 aromatic rings. The summed E-state index contributed by atoms with van der Waals surface area (Å²) < 4.78 is 38.3. The number of alkyl halides is 3. The summed E-state index contributed by atoms with van der Waals surface area (Å²) in [5.74, 6) is -1.06. The Balaban J connectivity index is 2.32. The molecule has 1 aromatic heterocycles. The Labute approximate surface area is 113 Å². The van der Waals surface area contributed by atoms with E-state index in [-0.39, 0.29) is 24.0 Å². The molecule has 2 heterocycles. The lowest BCUT2D eigenvalue weighted by molar-refractivity contribution is -0.144. The van der Waals surface area contributed by atoms with Gasteiger partial charge in [0.15, 0.2) is 0 Å². The van der Waals surface area contributed by atoms with Crippen LogP contribution >= 0.6 is 0 Å². The molecule has 0 bridgehead atoms. The molecule has 0 spiro atoms. The minimum atomic E-state index is -4.61. The SMILES string of the molecule is CNc1cc(N2CCNC(=O)CC2)nc(C(F)(F)F)n1. The fourth-order valence-electron chi connectivity index (χ4n) is 1.85. The molecule has 0 radical (unpaired) electrons. The van der Waals surface area contributed by atoms with E-state index in [1.807, 2.05) is 0 Å². The first-order valence-electron chi connectivity index (χ1n) is 6.06. The first-order valence-corrected chi connectivity index (χ1v) is 6.06. The van der Waals surface area contributed by atoms with Crippen LogP contribution in [0.2, 0.25) is 0 Å². The molecular weight excluding hydrogens is 275 g/mol. The third kappa shape index (κ3) is 3.28. The van der Waals surface area contributed by atoms with Gasteiger partial charge in [0, 0.05) is 39.2 Å². The van der Waals surface area contributed by atoms with Crippen molar-refractivity contribution in [2.75, 3.05) is 36.9 Å². The van der Waals surface area contributed by atoms with E-state index in [1.165, 1.54) is 13.1 Å². The predicted octanol–water partition coefficient (Wildman–Crippen LogP) is 0.863. The van der Waals surface area contributed by atoms with E-state index in [1.54, 1.807) is 4.90 Å². The van der Waals surface area contributed by atoms with Crippen molar-refractivity contribution in [1.82, 2.24) is 15.3 Å². The van der Waals surface area contributed by atoms with Crippen molar-refractivity contribution in [3.05, 3.63) is 11.9 Å². The van der Waals surface area contributed by atoms with E-state index < -0.39 is 12.0 Å². The van der Waals surface area contributed by atoms with Gasteiger partial charge in [0.05, 0.1) is 0 Å². The van der Waals surface area contributed by atoms with E-state index in [0.717, 1.165) is 0 Å². The number of aromatic nitrogens is 2. The number of carbonyl (C=O) groups is 1. The number of halogens is 3. The third-order valence-corrected chi connectivity index (χ3v) is 2.86. The van der Waals surface area contributed by atoms with Crippen LogP contribution in [0.4, 0.5) is 24.8 Å². The molecule has 20 heavy (non-hydrogen) atoms. The molecule has 0 atom stereocenters. The zero-order valence-electron chi connectivity index (χ0n) is 10.8. The molecule has 110 valence electrons. The molecule has 1 fully saturated rings. The maximum Gasteiger partial charge on any atom is 0.451 e. The molecule has 2 rings (SSSR count). The minimum Gasteiger partial charge on any atom is -0.373 e. The highest BCUT2D eigenvalue weighted by molar-refractivity contribution is 5.77. The summed E-state index contributed by atoms with van der Waals surface area (Å²) in [5.41, 5.74) is 0. The average Bonchev–Trinajstić information content (AvgIpc) is 2.62. The van der Waals surface area contributed by atoms with Crippen molar-refractivity contribution >= 4 is 17.5 Å². The van der Waals surface area contributed by atoms with E-state index in [4.69, 9.17) is 0 Å².